The third-order valence-electron chi connectivity index (χ3n) is 3.77. The lowest BCUT2D eigenvalue weighted by atomic mass is 10.2. The summed E-state index contributed by atoms with van der Waals surface area (Å²) in [6, 6.07) is 8.10. The van der Waals surface area contributed by atoms with Gasteiger partial charge in [0.1, 0.15) is 0 Å². The Morgan fingerprint density at radius 3 is 2.27 bits per heavy atom. The fourth-order valence-corrected chi connectivity index (χ4v) is 3.93. The summed E-state index contributed by atoms with van der Waals surface area (Å²) in [5, 5.41) is 0.401. The first-order valence-corrected chi connectivity index (χ1v) is 8.26. The Kier molecular flexibility index (Phi) is 3.21. The molecule has 0 amide bonds. The van der Waals surface area contributed by atoms with Gasteiger partial charge in [-0.15, -0.1) is 0 Å². The Hall–Kier alpha value is -2.34. The maximum atomic E-state index is 12.7. The third kappa shape index (κ3) is 2.07. The lowest BCUT2D eigenvalue weighted by molar-refractivity contribution is 0.585. The molecule has 3 aromatic rings. The first-order chi connectivity index (χ1) is 10.3. The van der Waals surface area contributed by atoms with Gasteiger partial charge in [-0.1, -0.05) is 17.7 Å². The Morgan fingerprint density at radius 1 is 1.00 bits per heavy atom. The average molecular weight is 316 g/mol. The zero-order valence-electron chi connectivity index (χ0n) is 12.6. The summed E-state index contributed by atoms with van der Waals surface area (Å²) in [5.41, 5.74) is 1.92. The van der Waals surface area contributed by atoms with Crippen molar-refractivity contribution in [2.75, 3.05) is 0 Å². The van der Waals surface area contributed by atoms with E-state index in [0.29, 0.717) is 5.39 Å². The molecule has 2 aromatic heterocycles. The minimum absolute atomic E-state index is 0.106. The van der Waals surface area contributed by atoms with E-state index in [1.165, 1.54) is 18.3 Å². The molecule has 0 saturated heterocycles. The van der Waals surface area contributed by atoms with Crippen LogP contribution in [0.1, 0.15) is 11.1 Å². The zero-order chi connectivity index (χ0) is 16.1. The van der Waals surface area contributed by atoms with Crippen molar-refractivity contribution in [1.82, 2.24) is 8.54 Å². The molecular weight excluding hydrogens is 300 g/mol. The normalized spacial score (nSPS) is 12.0. The number of rotatable bonds is 2. The number of pyridine rings is 1. The second kappa shape index (κ2) is 4.84. The number of aryl methyl sites for hydroxylation is 3. The minimum atomic E-state index is -3.90. The molecule has 0 spiro atoms. The summed E-state index contributed by atoms with van der Waals surface area (Å²) >= 11 is 0. The third-order valence-corrected chi connectivity index (χ3v) is 5.42. The van der Waals surface area contributed by atoms with Crippen LogP contribution in [0, 0.1) is 13.8 Å². The van der Waals surface area contributed by atoms with Crippen LogP contribution in [0.5, 0.6) is 0 Å². The number of benzene rings is 1. The van der Waals surface area contributed by atoms with Crippen LogP contribution in [-0.4, -0.2) is 17.0 Å². The number of nitrogens with zero attached hydrogens (tertiary/aromatic N) is 2. The van der Waals surface area contributed by atoms with Crippen molar-refractivity contribution < 1.29 is 8.42 Å². The monoisotopic (exact) mass is 316 g/mol. The highest BCUT2D eigenvalue weighted by Crippen LogP contribution is 2.19. The molecule has 6 heteroatoms. The Morgan fingerprint density at radius 2 is 1.64 bits per heavy atom. The molecule has 0 bridgehead atoms. The predicted molar refractivity (Wildman–Crippen MR) is 85.7 cm³/mol. The molecule has 0 saturated carbocycles. The van der Waals surface area contributed by atoms with Gasteiger partial charge in [-0.2, -0.15) is 0 Å². The Bertz CT molecular complexity index is 1030. The summed E-state index contributed by atoms with van der Waals surface area (Å²) in [6.45, 7) is 3.67. The van der Waals surface area contributed by atoms with Crippen LogP contribution in [0.15, 0.2) is 52.4 Å². The van der Waals surface area contributed by atoms with Gasteiger partial charge in [-0.3, -0.25) is 4.79 Å². The van der Waals surface area contributed by atoms with Crippen LogP contribution in [-0.2, 0) is 17.1 Å². The minimum Gasteiger partial charge on any atom is -0.350 e. The van der Waals surface area contributed by atoms with Crippen LogP contribution in [0.2, 0.25) is 0 Å². The first kappa shape index (κ1) is 14.6. The molecule has 0 radical (unpaired) electrons. The standard InChI is InChI=1S/C16H16N2O3S/c1-11-4-6-13(7-5-11)22(20,21)18-10-12(2)15-14(16(18)19)8-9-17(15)3/h4-10H,1-3H3. The molecule has 3 rings (SSSR count). The van der Waals surface area contributed by atoms with Gasteiger partial charge >= 0.3 is 0 Å². The maximum absolute atomic E-state index is 12.7. The molecular formula is C16H16N2O3S. The highest BCUT2D eigenvalue weighted by Gasteiger charge is 2.21. The lowest BCUT2D eigenvalue weighted by Crippen LogP contribution is -2.27. The number of aromatic nitrogens is 2. The summed E-state index contributed by atoms with van der Waals surface area (Å²) in [6.07, 6.45) is 3.14. The lowest BCUT2D eigenvalue weighted by Gasteiger charge is -2.10. The van der Waals surface area contributed by atoms with Crippen molar-refractivity contribution in [3.05, 3.63) is 64.2 Å². The van der Waals surface area contributed by atoms with Gasteiger partial charge in [0.25, 0.3) is 15.6 Å². The van der Waals surface area contributed by atoms with Crippen molar-refractivity contribution in [2.45, 2.75) is 18.7 Å². The van der Waals surface area contributed by atoms with Crippen LogP contribution in [0.3, 0.4) is 0 Å². The fourth-order valence-electron chi connectivity index (χ4n) is 2.61. The van der Waals surface area contributed by atoms with E-state index in [2.05, 4.69) is 0 Å². The van der Waals surface area contributed by atoms with Gasteiger partial charge in [0, 0.05) is 19.4 Å². The van der Waals surface area contributed by atoms with Gasteiger partial charge in [0.15, 0.2) is 0 Å². The molecule has 114 valence electrons. The summed E-state index contributed by atoms with van der Waals surface area (Å²) in [5.74, 6) is 0. The van der Waals surface area contributed by atoms with E-state index in [9.17, 15) is 13.2 Å². The number of hydrogen-bond acceptors (Lipinski definition) is 3. The van der Waals surface area contributed by atoms with Crippen LogP contribution < -0.4 is 5.56 Å². The van der Waals surface area contributed by atoms with Gasteiger partial charge in [0.05, 0.1) is 15.8 Å². The molecule has 0 unspecified atom stereocenters. The van der Waals surface area contributed by atoms with E-state index in [1.54, 1.807) is 31.3 Å². The van der Waals surface area contributed by atoms with Crippen molar-refractivity contribution in [3.8, 4) is 0 Å². The largest absolute Gasteiger partial charge is 0.350 e. The molecule has 0 aliphatic rings. The van der Waals surface area contributed by atoms with E-state index in [4.69, 9.17) is 0 Å². The van der Waals surface area contributed by atoms with E-state index in [0.717, 1.165) is 20.6 Å². The van der Waals surface area contributed by atoms with Crippen LogP contribution in [0.25, 0.3) is 10.9 Å². The summed E-state index contributed by atoms with van der Waals surface area (Å²) < 4.78 is 28.1. The van der Waals surface area contributed by atoms with Gasteiger partial charge in [0.2, 0.25) is 0 Å². The van der Waals surface area contributed by atoms with E-state index in [-0.39, 0.29) is 4.90 Å². The smallest absolute Gasteiger partial charge is 0.273 e. The fraction of sp³-hybridized carbons (Fsp3) is 0.188. The Labute approximate surface area is 128 Å². The quantitative estimate of drug-likeness (QED) is 0.728. The molecule has 1 aromatic carbocycles. The van der Waals surface area contributed by atoms with Crippen molar-refractivity contribution in [1.29, 1.82) is 0 Å². The Balaban J connectivity index is 2.32. The first-order valence-electron chi connectivity index (χ1n) is 6.82. The molecule has 22 heavy (non-hydrogen) atoms. The second-order valence-electron chi connectivity index (χ2n) is 5.42. The topological polar surface area (TPSA) is 61.1 Å². The highest BCUT2D eigenvalue weighted by molar-refractivity contribution is 7.90. The molecule has 0 aliphatic carbocycles. The SMILES string of the molecule is Cc1ccc(S(=O)(=O)n2cc(C)c3c(ccn3C)c2=O)cc1. The summed E-state index contributed by atoms with van der Waals surface area (Å²) in [7, 11) is -2.07. The van der Waals surface area contributed by atoms with Crippen molar-refractivity contribution in [2.24, 2.45) is 7.05 Å². The molecule has 0 fully saturated rings. The summed E-state index contributed by atoms with van der Waals surface area (Å²) in [4.78, 5) is 12.7. The van der Waals surface area contributed by atoms with E-state index < -0.39 is 15.6 Å². The highest BCUT2D eigenvalue weighted by atomic mass is 32.2. The molecule has 0 aliphatic heterocycles. The number of hydrogen-bond donors (Lipinski definition) is 0. The van der Waals surface area contributed by atoms with Gasteiger partial charge in [-0.05, 0) is 37.6 Å². The molecule has 0 N–H and O–H groups in total. The van der Waals surface area contributed by atoms with Crippen LogP contribution >= 0.6 is 0 Å². The molecule has 0 atom stereocenters. The van der Waals surface area contributed by atoms with Gasteiger partial charge < -0.3 is 4.57 Å². The number of fused-ring (bicyclic) bond motifs is 1. The van der Waals surface area contributed by atoms with E-state index in [1.807, 2.05) is 18.5 Å². The maximum Gasteiger partial charge on any atom is 0.273 e. The van der Waals surface area contributed by atoms with Crippen molar-refractivity contribution in [3.63, 3.8) is 0 Å². The second-order valence-corrected chi connectivity index (χ2v) is 7.24. The van der Waals surface area contributed by atoms with Crippen molar-refractivity contribution >= 4 is 20.9 Å². The molecule has 2 heterocycles. The van der Waals surface area contributed by atoms with E-state index >= 15 is 0 Å². The molecule has 5 nitrogen and oxygen atoms in total. The zero-order valence-corrected chi connectivity index (χ0v) is 13.4. The van der Waals surface area contributed by atoms with Crippen LogP contribution in [0.4, 0.5) is 0 Å². The predicted octanol–water partition coefficient (Wildman–Crippen LogP) is 2.19. The average Bonchev–Trinajstić information content (AvgIpc) is 2.86. The van der Waals surface area contributed by atoms with Gasteiger partial charge in [-0.25, -0.2) is 12.4 Å².